The first kappa shape index (κ1) is 87.3. The summed E-state index contributed by atoms with van der Waals surface area (Å²) in [6, 6.07) is 146. The highest BCUT2D eigenvalue weighted by Crippen LogP contribution is 2.60. The molecule has 0 saturated carbocycles. The van der Waals surface area contributed by atoms with Crippen molar-refractivity contribution in [1.29, 1.82) is 0 Å². The van der Waals surface area contributed by atoms with Crippen molar-refractivity contribution in [3.63, 3.8) is 0 Å². The minimum atomic E-state index is 0.0448. The zero-order valence-electron chi connectivity index (χ0n) is 80.1. The summed E-state index contributed by atoms with van der Waals surface area (Å²) in [5, 5.41) is 0. The van der Waals surface area contributed by atoms with Crippen molar-refractivity contribution in [2.75, 3.05) is 0 Å². The van der Waals surface area contributed by atoms with Gasteiger partial charge in [0.1, 0.15) is 0 Å². The molecule has 0 saturated heterocycles. The number of hydrogen-bond donors (Lipinski definition) is 0. The van der Waals surface area contributed by atoms with E-state index in [1.54, 1.807) is 0 Å². The second-order valence-corrected chi connectivity index (χ2v) is 40.4. The number of rotatable bonds is 6. The number of aryl methyl sites for hydroxylation is 6. The normalized spacial score (nSPS) is 14.5. The molecule has 132 heavy (non-hydrogen) atoms. The Kier molecular flexibility index (Phi) is 22.7. The van der Waals surface area contributed by atoms with Crippen molar-refractivity contribution in [1.82, 2.24) is 0 Å². The lowest BCUT2D eigenvalue weighted by Crippen LogP contribution is -2.16. The molecule has 0 bridgehead atoms. The minimum absolute atomic E-state index is 0.0448. The van der Waals surface area contributed by atoms with Crippen LogP contribution in [-0.4, -0.2) is 0 Å². The Morgan fingerprint density at radius 1 is 0.129 bits per heavy atom. The van der Waals surface area contributed by atoms with Crippen LogP contribution in [0.4, 0.5) is 0 Å². The molecule has 0 fully saturated rings. The molecule has 0 spiro atoms. The van der Waals surface area contributed by atoms with Crippen LogP contribution in [0, 0.1) is 41.5 Å². The Labute approximate surface area is 785 Å². The molecule has 0 heterocycles. The molecule has 24 rings (SSSR count). The SMILES string of the molecule is Cc1ccc(-c2cccc3c2C(C)(C)c2ccccc2-3)cc1.Cc1ccc(-c2ccccc2)c2c1-c1ccccc1C2(C)C.Cc1ccc(-c2ccccc2)c2c1C(C)(C)c1ccccc1-2.Cc1cccc(-c2cccc3c2C(C)(C)c2ccccc2-3)c1.Cc1ccccc1-c1cccc2c1-c1ccccc1C2(C)C.Cc1ccccc1-c1cccc2c1C(C)(C)c1ccccc1-2. The molecule has 18 aromatic rings. The van der Waals surface area contributed by atoms with E-state index < -0.39 is 0 Å². The van der Waals surface area contributed by atoms with Crippen LogP contribution in [0.3, 0.4) is 0 Å². The van der Waals surface area contributed by atoms with Gasteiger partial charge in [-0.1, -0.05) is 495 Å². The van der Waals surface area contributed by atoms with E-state index in [0.717, 1.165) is 0 Å². The van der Waals surface area contributed by atoms with Crippen LogP contribution in [0.2, 0.25) is 0 Å². The van der Waals surface area contributed by atoms with E-state index in [4.69, 9.17) is 0 Å². The predicted molar refractivity (Wildman–Crippen MR) is 565 cm³/mol. The average molecular weight is 1710 g/mol. The average Bonchev–Trinajstić information content (AvgIpc) is 1.11. The van der Waals surface area contributed by atoms with Crippen LogP contribution in [0.1, 0.15) is 183 Å². The van der Waals surface area contributed by atoms with E-state index in [1.165, 1.54) is 234 Å². The molecule has 0 unspecified atom stereocenters. The number of hydrogen-bond acceptors (Lipinski definition) is 0. The second-order valence-electron chi connectivity index (χ2n) is 40.4. The Morgan fingerprint density at radius 2 is 0.409 bits per heavy atom. The molecule has 0 aliphatic heterocycles. The summed E-state index contributed by atoms with van der Waals surface area (Å²) in [5.41, 5.74) is 58.6. The minimum Gasteiger partial charge on any atom is -0.0622 e. The summed E-state index contributed by atoms with van der Waals surface area (Å²) in [4.78, 5) is 0. The lowest BCUT2D eigenvalue weighted by molar-refractivity contribution is 0.656. The fourth-order valence-electron chi connectivity index (χ4n) is 23.5. The van der Waals surface area contributed by atoms with E-state index in [0.29, 0.717) is 0 Å². The van der Waals surface area contributed by atoms with Gasteiger partial charge in [0.25, 0.3) is 0 Å². The van der Waals surface area contributed by atoms with Gasteiger partial charge in [-0.25, -0.2) is 0 Å². The summed E-state index contributed by atoms with van der Waals surface area (Å²) in [7, 11) is 0. The van der Waals surface area contributed by atoms with Gasteiger partial charge in [0.05, 0.1) is 0 Å². The Morgan fingerprint density at radius 3 is 0.879 bits per heavy atom. The van der Waals surface area contributed by atoms with Crippen molar-refractivity contribution >= 4 is 0 Å². The van der Waals surface area contributed by atoms with E-state index in [9.17, 15) is 0 Å². The van der Waals surface area contributed by atoms with Crippen LogP contribution in [0.15, 0.2) is 400 Å². The maximum Gasteiger partial charge on any atom is 0.0165 e. The summed E-state index contributed by atoms with van der Waals surface area (Å²) in [6.07, 6.45) is 0. The molecular weight excluding hydrogens is 1590 g/mol. The zero-order chi connectivity index (χ0) is 91.9. The van der Waals surface area contributed by atoms with Gasteiger partial charge in [-0.15, -0.1) is 0 Å². The van der Waals surface area contributed by atoms with Gasteiger partial charge in [0.15, 0.2) is 0 Å². The highest BCUT2D eigenvalue weighted by molar-refractivity contribution is 5.97. The third kappa shape index (κ3) is 15.0. The van der Waals surface area contributed by atoms with Gasteiger partial charge >= 0.3 is 0 Å². The van der Waals surface area contributed by atoms with E-state index >= 15 is 0 Å². The van der Waals surface area contributed by atoms with Gasteiger partial charge in [0.2, 0.25) is 0 Å². The van der Waals surface area contributed by atoms with Crippen LogP contribution in [-0.2, 0) is 32.5 Å². The molecule has 18 aromatic carbocycles. The van der Waals surface area contributed by atoms with Crippen molar-refractivity contribution < 1.29 is 0 Å². The molecule has 0 N–H and O–H groups in total. The van der Waals surface area contributed by atoms with Gasteiger partial charge in [-0.2, -0.15) is 0 Å². The summed E-state index contributed by atoms with van der Waals surface area (Å²) in [6.45, 7) is 41.3. The van der Waals surface area contributed by atoms with E-state index in [1.807, 2.05) is 0 Å². The van der Waals surface area contributed by atoms with Crippen LogP contribution >= 0.6 is 0 Å². The molecule has 6 aliphatic carbocycles. The first-order chi connectivity index (χ1) is 63.6. The molecule has 0 heteroatoms. The summed E-state index contributed by atoms with van der Waals surface area (Å²) >= 11 is 0. The van der Waals surface area contributed by atoms with Gasteiger partial charge in [-0.3, -0.25) is 0 Å². The first-order valence-electron chi connectivity index (χ1n) is 47.4. The Hall–Kier alpha value is -14.0. The topological polar surface area (TPSA) is 0 Å². The van der Waals surface area contributed by atoms with Crippen molar-refractivity contribution in [2.45, 2.75) is 157 Å². The highest BCUT2D eigenvalue weighted by atomic mass is 14.5. The molecule has 0 nitrogen and oxygen atoms in total. The fraction of sp³-hybridized carbons (Fsp3) is 0.182. The standard InChI is InChI=1S/6C22H20/c1-15-8-6-9-16(14-15)17-11-7-12-19-18-10-4-5-13-20(18)22(2,3)21(17)19;1-15-9-4-5-10-16(15)18-12-8-13-19-17-11-6-7-14-20(17)22(2,3)21(18)19;1-15-9-4-5-10-16(15)17-12-8-14-20-21(17)18-11-6-7-13-19(18)22(20,2)3;1-15-11-13-16(14-12-15)17-8-6-9-19-18-7-4-5-10-20(18)22(2,3)21(17)19;1-15-13-14-17(16-9-5-4-6-10-16)20-18-11-7-8-12-19(18)22(2,3)21(15)20;1-15-13-14-17(16-9-5-4-6-10-16)21-20(15)18-11-7-8-12-19(18)22(21,2)3/h6*4-14H,1-3H3. The van der Waals surface area contributed by atoms with Crippen molar-refractivity contribution in [3.05, 3.63) is 501 Å². The van der Waals surface area contributed by atoms with Crippen LogP contribution in [0.5, 0.6) is 0 Å². The maximum absolute atomic E-state index is 2.35. The number of fused-ring (bicyclic) bond motifs is 18. The molecule has 648 valence electrons. The molecule has 6 aliphatic rings. The smallest absolute Gasteiger partial charge is 0.0165 e. The summed E-state index contributed by atoms with van der Waals surface area (Å²) < 4.78 is 0. The van der Waals surface area contributed by atoms with E-state index in [-0.39, 0.29) is 32.5 Å². The fourth-order valence-corrected chi connectivity index (χ4v) is 23.5. The van der Waals surface area contributed by atoms with Gasteiger partial charge < -0.3 is 0 Å². The maximum atomic E-state index is 2.35. The molecule has 0 atom stereocenters. The predicted octanol–water partition coefficient (Wildman–Crippen LogP) is 35.8. The monoisotopic (exact) mass is 1700 g/mol. The first-order valence-corrected chi connectivity index (χ1v) is 47.4. The lowest BCUT2D eigenvalue weighted by Gasteiger charge is -2.25. The highest BCUT2D eigenvalue weighted by Gasteiger charge is 2.44. The Bertz CT molecular complexity index is 7470. The van der Waals surface area contributed by atoms with Gasteiger partial charge in [0, 0.05) is 32.5 Å². The van der Waals surface area contributed by atoms with Gasteiger partial charge in [-0.05, 0) is 264 Å². The van der Waals surface area contributed by atoms with Crippen LogP contribution in [0.25, 0.3) is 134 Å². The third-order valence-electron chi connectivity index (χ3n) is 29.9. The number of benzene rings is 18. The third-order valence-corrected chi connectivity index (χ3v) is 29.9. The summed E-state index contributed by atoms with van der Waals surface area (Å²) in [5.74, 6) is 0. The largest absolute Gasteiger partial charge is 0.0622 e. The quantitative estimate of drug-likeness (QED) is 0.156. The van der Waals surface area contributed by atoms with Crippen molar-refractivity contribution in [3.8, 4) is 134 Å². The molecule has 0 amide bonds. The molecular formula is C132H120. The van der Waals surface area contributed by atoms with Crippen molar-refractivity contribution in [2.24, 2.45) is 0 Å². The zero-order valence-corrected chi connectivity index (χ0v) is 80.1. The van der Waals surface area contributed by atoms with E-state index in [2.05, 4.69) is 525 Å². The molecule has 0 aromatic heterocycles. The van der Waals surface area contributed by atoms with Crippen LogP contribution < -0.4 is 0 Å². The Balaban J connectivity index is 0.000000102. The molecule has 0 radical (unpaired) electrons. The second kappa shape index (κ2) is 34.4. The lowest BCUT2D eigenvalue weighted by atomic mass is 9.78.